The van der Waals surface area contributed by atoms with Crippen LogP contribution >= 0.6 is 11.8 Å². The van der Waals surface area contributed by atoms with Crippen LogP contribution in [0.15, 0.2) is 23.6 Å². The van der Waals surface area contributed by atoms with Crippen LogP contribution in [0.25, 0.3) is 0 Å². The maximum atomic E-state index is 11.6. The number of rotatable bonds is 3. The Balaban J connectivity index is 2.18. The van der Waals surface area contributed by atoms with E-state index in [1.165, 1.54) is 11.8 Å². The van der Waals surface area contributed by atoms with E-state index in [0.29, 0.717) is 11.5 Å². The molecule has 0 aromatic carbocycles. The molecule has 0 bridgehead atoms. The van der Waals surface area contributed by atoms with Gasteiger partial charge in [0.25, 0.3) is 0 Å². The third-order valence-corrected chi connectivity index (χ3v) is 3.39. The van der Waals surface area contributed by atoms with Crippen LogP contribution in [0.2, 0.25) is 0 Å². The highest BCUT2D eigenvalue weighted by Crippen LogP contribution is 2.26. The molecule has 1 aliphatic rings. The lowest BCUT2D eigenvalue weighted by atomic mass is 10.5. The van der Waals surface area contributed by atoms with Crippen molar-refractivity contribution < 1.29 is 9.53 Å². The summed E-state index contributed by atoms with van der Waals surface area (Å²) < 4.78 is 6.93. The molecule has 92 valence electrons. The van der Waals surface area contributed by atoms with Crippen LogP contribution in [0, 0.1) is 0 Å². The lowest BCUT2D eigenvalue weighted by molar-refractivity contribution is -0.137. The molecule has 0 unspecified atom stereocenters. The molecule has 0 N–H and O–H groups in total. The number of hydrogen-bond donors (Lipinski definition) is 0. The Morgan fingerprint density at radius 1 is 1.65 bits per heavy atom. The van der Waals surface area contributed by atoms with Gasteiger partial charge >= 0.3 is 5.97 Å². The molecule has 0 spiro atoms. The number of hydrogen-bond acceptors (Lipinski definition) is 5. The van der Waals surface area contributed by atoms with E-state index in [0.717, 1.165) is 18.1 Å². The summed E-state index contributed by atoms with van der Waals surface area (Å²) in [7, 11) is 1.93. The molecule has 0 amide bonds. The number of thioether (sulfide) groups is 1. The van der Waals surface area contributed by atoms with Crippen LogP contribution in [-0.2, 0) is 16.6 Å². The first-order valence-corrected chi connectivity index (χ1v) is 6.45. The standard InChI is InChI=1S/C11H15N3O2S/c1-3-16-11(15)9-7-14(4-5-17-9)10-6-12-8-13(10)2/h6-8H,3-5H2,1-2H3. The fourth-order valence-corrected chi connectivity index (χ4v) is 2.51. The molecule has 5 nitrogen and oxygen atoms in total. The Labute approximate surface area is 104 Å². The molecule has 17 heavy (non-hydrogen) atoms. The highest BCUT2D eigenvalue weighted by atomic mass is 32.2. The van der Waals surface area contributed by atoms with Gasteiger partial charge < -0.3 is 14.2 Å². The summed E-state index contributed by atoms with van der Waals surface area (Å²) in [5.74, 6) is 1.60. The zero-order valence-electron chi connectivity index (χ0n) is 9.92. The summed E-state index contributed by atoms with van der Waals surface area (Å²) in [5, 5.41) is 0. The Bertz CT molecular complexity index is 442. The van der Waals surface area contributed by atoms with Crippen LogP contribution in [0.5, 0.6) is 0 Å². The third-order valence-electron chi connectivity index (χ3n) is 2.42. The summed E-state index contributed by atoms with van der Waals surface area (Å²) in [6.07, 6.45) is 5.37. The van der Waals surface area contributed by atoms with Crippen molar-refractivity contribution in [2.75, 3.05) is 23.8 Å². The van der Waals surface area contributed by atoms with Gasteiger partial charge in [-0.25, -0.2) is 9.78 Å². The van der Waals surface area contributed by atoms with E-state index in [1.54, 1.807) is 12.5 Å². The Morgan fingerprint density at radius 2 is 2.47 bits per heavy atom. The van der Waals surface area contributed by atoms with Gasteiger partial charge in [-0.1, -0.05) is 0 Å². The summed E-state index contributed by atoms with van der Waals surface area (Å²) in [6.45, 7) is 3.08. The fourth-order valence-electron chi connectivity index (χ4n) is 1.62. The van der Waals surface area contributed by atoms with Gasteiger partial charge in [0.05, 0.1) is 19.1 Å². The molecule has 2 heterocycles. The van der Waals surface area contributed by atoms with Gasteiger partial charge in [-0.3, -0.25) is 0 Å². The van der Waals surface area contributed by atoms with Gasteiger partial charge in [0.1, 0.15) is 10.7 Å². The molecule has 0 saturated carbocycles. The van der Waals surface area contributed by atoms with E-state index in [9.17, 15) is 4.79 Å². The van der Waals surface area contributed by atoms with Crippen molar-refractivity contribution in [1.29, 1.82) is 0 Å². The molecule has 0 radical (unpaired) electrons. The quantitative estimate of drug-likeness (QED) is 0.762. The average molecular weight is 253 g/mol. The molecule has 2 rings (SSSR count). The lowest BCUT2D eigenvalue weighted by Crippen LogP contribution is -2.27. The van der Waals surface area contributed by atoms with Gasteiger partial charge in [0.15, 0.2) is 0 Å². The maximum absolute atomic E-state index is 11.6. The van der Waals surface area contributed by atoms with Crippen molar-refractivity contribution in [3.05, 3.63) is 23.6 Å². The number of nitrogens with zero attached hydrogens (tertiary/aromatic N) is 3. The van der Waals surface area contributed by atoms with Crippen molar-refractivity contribution in [3.63, 3.8) is 0 Å². The molecular formula is C11H15N3O2S. The van der Waals surface area contributed by atoms with Crippen molar-refractivity contribution >= 4 is 23.5 Å². The summed E-state index contributed by atoms with van der Waals surface area (Å²) in [6, 6.07) is 0. The van der Waals surface area contributed by atoms with Crippen molar-refractivity contribution in [1.82, 2.24) is 9.55 Å². The maximum Gasteiger partial charge on any atom is 0.346 e. The number of aryl methyl sites for hydroxylation is 1. The second-order valence-corrected chi connectivity index (χ2v) is 4.76. The predicted molar refractivity (Wildman–Crippen MR) is 67.7 cm³/mol. The number of carbonyl (C=O) groups excluding carboxylic acids is 1. The SMILES string of the molecule is CCOC(=O)C1=CN(c2cncn2C)CCS1. The van der Waals surface area contributed by atoms with Crippen LogP contribution < -0.4 is 4.90 Å². The van der Waals surface area contributed by atoms with Gasteiger partial charge in [0, 0.05) is 25.5 Å². The number of aromatic nitrogens is 2. The number of esters is 1. The smallest absolute Gasteiger partial charge is 0.346 e. The predicted octanol–water partition coefficient (Wildman–Crippen LogP) is 1.38. The first kappa shape index (κ1) is 12.0. The minimum atomic E-state index is -0.246. The minimum Gasteiger partial charge on any atom is -0.462 e. The highest BCUT2D eigenvalue weighted by Gasteiger charge is 2.20. The first-order valence-electron chi connectivity index (χ1n) is 5.47. The lowest BCUT2D eigenvalue weighted by Gasteiger charge is -2.25. The number of carbonyl (C=O) groups is 1. The van der Waals surface area contributed by atoms with E-state index in [2.05, 4.69) is 4.98 Å². The summed E-state index contributed by atoms with van der Waals surface area (Å²) >= 11 is 1.53. The molecule has 1 aliphatic heterocycles. The Kier molecular flexibility index (Phi) is 3.73. The minimum absolute atomic E-state index is 0.246. The van der Waals surface area contributed by atoms with E-state index < -0.39 is 0 Å². The summed E-state index contributed by atoms with van der Waals surface area (Å²) in [5.41, 5.74) is 0. The average Bonchev–Trinajstić information content (AvgIpc) is 2.76. The topological polar surface area (TPSA) is 47.4 Å². The second-order valence-electron chi connectivity index (χ2n) is 3.62. The van der Waals surface area contributed by atoms with Gasteiger partial charge in [-0.15, -0.1) is 11.8 Å². The van der Waals surface area contributed by atoms with E-state index >= 15 is 0 Å². The highest BCUT2D eigenvalue weighted by molar-refractivity contribution is 8.04. The van der Waals surface area contributed by atoms with Gasteiger partial charge in [0.2, 0.25) is 0 Å². The molecule has 0 fully saturated rings. The number of ether oxygens (including phenoxy) is 1. The van der Waals surface area contributed by atoms with Crippen LogP contribution in [-0.4, -0.2) is 34.4 Å². The van der Waals surface area contributed by atoms with E-state index in [-0.39, 0.29) is 5.97 Å². The third kappa shape index (κ3) is 2.63. The normalized spacial score (nSPS) is 15.6. The van der Waals surface area contributed by atoms with Crippen LogP contribution in [0.1, 0.15) is 6.92 Å². The van der Waals surface area contributed by atoms with E-state index in [1.807, 2.05) is 29.6 Å². The Morgan fingerprint density at radius 3 is 3.12 bits per heavy atom. The fraction of sp³-hybridized carbons (Fsp3) is 0.455. The van der Waals surface area contributed by atoms with Crippen molar-refractivity contribution in [3.8, 4) is 0 Å². The summed E-state index contributed by atoms with van der Waals surface area (Å²) in [4.78, 5) is 18.4. The molecule has 1 aromatic heterocycles. The first-order chi connectivity index (χ1) is 8.22. The number of imidazole rings is 1. The van der Waals surface area contributed by atoms with Gasteiger partial charge in [-0.05, 0) is 6.92 Å². The van der Waals surface area contributed by atoms with Crippen LogP contribution in [0.4, 0.5) is 5.82 Å². The largest absolute Gasteiger partial charge is 0.462 e. The van der Waals surface area contributed by atoms with Gasteiger partial charge in [-0.2, -0.15) is 0 Å². The molecular weight excluding hydrogens is 238 g/mol. The zero-order chi connectivity index (χ0) is 12.3. The number of anilines is 1. The molecule has 6 heteroatoms. The van der Waals surface area contributed by atoms with Crippen molar-refractivity contribution in [2.24, 2.45) is 7.05 Å². The van der Waals surface area contributed by atoms with Crippen LogP contribution in [0.3, 0.4) is 0 Å². The van der Waals surface area contributed by atoms with Crippen molar-refractivity contribution in [2.45, 2.75) is 6.92 Å². The molecule has 1 aromatic rings. The molecule has 0 aliphatic carbocycles. The zero-order valence-corrected chi connectivity index (χ0v) is 10.7. The van der Waals surface area contributed by atoms with E-state index in [4.69, 9.17) is 4.74 Å². The monoisotopic (exact) mass is 253 g/mol. The molecule has 0 atom stereocenters. The molecule has 0 saturated heterocycles. The second kappa shape index (κ2) is 5.27. The Hall–Kier alpha value is -1.43.